The molecule has 1 atom stereocenters. The molecule has 2 amide bonds. The number of morpholine rings is 1. The number of rotatable bonds is 2. The number of hydrogen-bond donors (Lipinski definition) is 1. The lowest BCUT2D eigenvalue weighted by Crippen LogP contribution is -2.62. The number of carbonyl (C=O) groups excluding carboxylic acids is 1. The van der Waals surface area contributed by atoms with Gasteiger partial charge in [0.1, 0.15) is 5.60 Å². The fourth-order valence-electron chi connectivity index (χ4n) is 3.61. The molecule has 2 saturated heterocycles. The first-order valence-electron chi connectivity index (χ1n) is 8.88. The zero-order valence-corrected chi connectivity index (χ0v) is 14.2. The van der Waals surface area contributed by atoms with Crippen LogP contribution >= 0.6 is 0 Å². The standard InChI is InChI=1S/C17H25N5O2/c1-13-3-6-15(20-19-13)21-8-2-7-17(11-21)12-22(9-10-24-17)16(23)18-14-4-5-14/h3,6,14H,2,4-5,7-12H2,1H3,(H,18,23). The number of nitrogens with zero attached hydrogens (tertiary/aromatic N) is 4. The number of amides is 2. The van der Waals surface area contributed by atoms with Gasteiger partial charge < -0.3 is 19.9 Å². The van der Waals surface area contributed by atoms with Gasteiger partial charge in [-0.15, -0.1) is 5.10 Å². The molecule has 0 radical (unpaired) electrons. The van der Waals surface area contributed by atoms with Gasteiger partial charge >= 0.3 is 6.03 Å². The zero-order valence-electron chi connectivity index (χ0n) is 14.2. The molecule has 3 fully saturated rings. The molecule has 1 unspecified atom stereocenters. The van der Waals surface area contributed by atoms with Crippen LogP contribution in [0.25, 0.3) is 0 Å². The lowest BCUT2D eigenvalue weighted by molar-refractivity contribution is -0.103. The van der Waals surface area contributed by atoms with Crippen molar-refractivity contribution in [2.75, 3.05) is 37.7 Å². The number of ether oxygens (including phenoxy) is 1. The van der Waals surface area contributed by atoms with Crippen LogP contribution in [0.2, 0.25) is 0 Å². The first-order chi connectivity index (χ1) is 11.6. The molecule has 3 aliphatic rings. The number of aryl methyl sites for hydroxylation is 1. The van der Waals surface area contributed by atoms with Crippen LogP contribution < -0.4 is 10.2 Å². The van der Waals surface area contributed by atoms with Crippen LogP contribution in [0.15, 0.2) is 12.1 Å². The van der Waals surface area contributed by atoms with Gasteiger partial charge in [0, 0.05) is 19.1 Å². The van der Waals surface area contributed by atoms with Crippen molar-refractivity contribution in [3.05, 3.63) is 17.8 Å². The van der Waals surface area contributed by atoms with Crippen LogP contribution in [0.5, 0.6) is 0 Å². The second kappa shape index (κ2) is 6.20. The minimum atomic E-state index is -0.288. The molecular weight excluding hydrogens is 306 g/mol. The smallest absolute Gasteiger partial charge is 0.317 e. The Labute approximate surface area is 142 Å². The first-order valence-corrected chi connectivity index (χ1v) is 8.88. The number of carbonyl (C=O) groups is 1. The minimum absolute atomic E-state index is 0.0624. The lowest BCUT2D eigenvalue weighted by atomic mass is 9.90. The Kier molecular flexibility index (Phi) is 4.04. The Balaban J connectivity index is 1.44. The highest BCUT2D eigenvalue weighted by atomic mass is 16.5. The van der Waals surface area contributed by atoms with Gasteiger partial charge in [0.25, 0.3) is 0 Å². The van der Waals surface area contributed by atoms with E-state index >= 15 is 0 Å². The third kappa shape index (κ3) is 3.31. The molecule has 1 aromatic heterocycles. The molecule has 1 aromatic rings. The largest absolute Gasteiger partial charge is 0.369 e. The molecule has 7 heteroatoms. The number of anilines is 1. The van der Waals surface area contributed by atoms with Crippen LogP contribution in [0.1, 0.15) is 31.4 Å². The van der Waals surface area contributed by atoms with Crippen molar-refractivity contribution >= 4 is 11.8 Å². The highest BCUT2D eigenvalue weighted by molar-refractivity contribution is 5.75. The van der Waals surface area contributed by atoms with Gasteiger partial charge in [-0.2, -0.15) is 5.10 Å². The fourth-order valence-corrected chi connectivity index (χ4v) is 3.61. The molecule has 0 aromatic carbocycles. The second-order valence-electron chi connectivity index (χ2n) is 7.23. The van der Waals surface area contributed by atoms with E-state index in [1.54, 1.807) is 0 Å². The van der Waals surface area contributed by atoms with E-state index in [2.05, 4.69) is 20.4 Å². The van der Waals surface area contributed by atoms with Crippen LogP contribution in [-0.2, 0) is 4.74 Å². The van der Waals surface area contributed by atoms with E-state index in [1.807, 2.05) is 24.0 Å². The van der Waals surface area contributed by atoms with Crippen molar-refractivity contribution in [3.8, 4) is 0 Å². The van der Waals surface area contributed by atoms with E-state index in [4.69, 9.17) is 4.74 Å². The lowest BCUT2D eigenvalue weighted by Gasteiger charge is -2.48. The minimum Gasteiger partial charge on any atom is -0.369 e. The third-order valence-corrected chi connectivity index (χ3v) is 5.09. The van der Waals surface area contributed by atoms with E-state index in [9.17, 15) is 4.79 Å². The summed E-state index contributed by atoms with van der Waals surface area (Å²) >= 11 is 0. The van der Waals surface area contributed by atoms with Crippen molar-refractivity contribution in [1.82, 2.24) is 20.4 Å². The second-order valence-corrected chi connectivity index (χ2v) is 7.23. The topological polar surface area (TPSA) is 70.6 Å². The Morgan fingerprint density at radius 1 is 1.29 bits per heavy atom. The van der Waals surface area contributed by atoms with E-state index in [-0.39, 0.29) is 11.6 Å². The Bertz CT molecular complexity index is 600. The molecule has 0 bridgehead atoms. The summed E-state index contributed by atoms with van der Waals surface area (Å²) in [6.07, 6.45) is 4.24. The molecular formula is C17H25N5O2. The van der Waals surface area contributed by atoms with Crippen molar-refractivity contribution in [2.24, 2.45) is 0 Å². The van der Waals surface area contributed by atoms with Crippen LogP contribution in [0.3, 0.4) is 0 Å². The number of aromatic nitrogens is 2. The summed E-state index contributed by atoms with van der Waals surface area (Å²) in [6.45, 7) is 5.58. The molecule has 3 heterocycles. The van der Waals surface area contributed by atoms with E-state index in [0.717, 1.165) is 50.3 Å². The highest BCUT2D eigenvalue weighted by Gasteiger charge is 2.42. The predicted molar refractivity (Wildman–Crippen MR) is 90.0 cm³/mol. The molecule has 1 aliphatic carbocycles. The summed E-state index contributed by atoms with van der Waals surface area (Å²) in [7, 11) is 0. The number of nitrogens with one attached hydrogen (secondary N) is 1. The fraction of sp³-hybridized carbons (Fsp3) is 0.706. The van der Waals surface area contributed by atoms with Crippen molar-refractivity contribution < 1.29 is 9.53 Å². The first kappa shape index (κ1) is 15.6. The van der Waals surface area contributed by atoms with E-state index < -0.39 is 0 Å². The third-order valence-electron chi connectivity index (χ3n) is 5.09. The van der Waals surface area contributed by atoms with Gasteiger partial charge in [0.15, 0.2) is 5.82 Å². The molecule has 1 spiro atoms. The Morgan fingerprint density at radius 3 is 2.92 bits per heavy atom. The van der Waals surface area contributed by atoms with Crippen LogP contribution in [0, 0.1) is 6.92 Å². The van der Waals surface area contributed by atoms with E-state index in [0.29, 0.717) is 25.7 Å². The summed E-state index contributed by atoms with van der Waals surface area (Å²) in [4.78, 5) is 16.5. The number of urea groups is 1. The number of piperidine rings is 1. The van der Waals surface area contributed by atoms with Gasteiger partial charge in [-0.25, -0.2) is 4.79 Å². The monoisotopic (exact) mass is 331 g/mol. The van der Waals surface area contributed by atoms with E-state index in [1.165, 1.54) is 0 Å². The molecule has 130 valence electrons. The summed E-state index contributed by atoms with van der Waals surface area (Å²) in [6, 6.07) is 4.46. The maximum absolute atomic E-state index is 12.4. The normalized spacial score (nSPS) is 27.4. The zero-order chi connectivity index (χ0) is 16.6. The van der Waals surface area contributed by atoms with Crippen LogP contribution in [0.4, 0.5) is 10.6 Å². The Morgan fingerprint density at radius 2 is 2.17 bits per heavy atom. The molecule has 1 N–H and O–H groups in total. The van der Waals surface area contributed by atoms with Gasteiger partial charge in [-0.1, -0.05) is 0 Å². The SMILES string of the molecule is Cc1ccc(N2CCCC3(CN(C(=O)NC4CC4)CCO3)C2)nn1. The van der Waals surface area contributed by atoms with Gasteiger partial charge in [-0.05, 0) is 44.7 Å². The maximum atomic E-state index is 12.4. The summed E-state index contributed by atoms with van der Waals surface area (Å²) < 4.78 is 6.17. The van der Waals surface area contributed by atoms with Crippen molar-refractivity contribution in [3.63, 3.8) is 0 Å². The Hall–Kier alpha value is -1.89. The van der Waals surface area contributed by atoms with Crippen LogP contribution in [-0.4, -0.2) is 65.6 Å². The molecule has 2 aliphatic heterocycles. The van der Waals surface area contributed by atoms with Gasteiger partial charge in [-0.3, -0.25) is 0 Å². The molecule has 1 saturated carbocycles. The molecule has 7 nitrogen and oxygen atoms in total. The highest BCUT2D eigenvalue weighted by Crippen LogP contribution is 2.31. The van der Waals surface area contributed by atoms with Gasteiger partial charge in [0.05, 0.1) is 25.4 Å². The van der Waals surface area contributed by atoms with Crippen molar-refractivity contribution in [2.45, 2.75) is 44.2 Å². The molecule has 24 heavy (non-hydrogen) atoms. The summed E-state index contributed by atoms with van der Waals surface area (Å²) in [5, 5.41) is 11.6. The predicted octanol–water partition coefficient (Wildman–Crippen LogP) is 1.33. The van der Waals surface area contributed by atoms with Crippen molar-refractivity contribution in [1.29, 1.82) is 0 Å². The quantitative estimate of drug-likeness (QED) is 0.885. The average molecular weight is 331 g/mol. The molecule has 4 rings (SSSR count). The average Bonchev–Trinajstić information content (AvgIpc) is 3.39. The maximum Gasteiger partial charge on any atom is 0.317 e. The number of hydrogen-bond acceptors (Lipinski definition) is 5. The summed E-state index contributed by atoms with van der Waals surface area (Å²) in [5.41, 5.74) is 0.631. The summed E-state index contributed by atoms with van der Waals surface area (Å²) in [5.74, 6) is 0.892. The van der Waals surface area contributed by atoms with Gasteiger partial charge in [0.2, 0.25) is 0 Å².